The molecule has 1 aromatic rings. The summed E-state index contributed by atoms with van der Waals surface area (Å²) in [6, 6.07) is 4.85. The highest BCUT2D eigenvalue weighted by molar-refractivity contribution is 9.10. The normalized spacial score (nSPS) is 24.0. The van der Waals surface area contributed by atoms with Crippen LogP contribution in [0, 0.1) is 0 Å². The lowest BCUT2D eigenvalue weighted by Gasteiger charge is -2.34. The van der Waals surface area contributed by atoms with Crippen molar-refractivity contribution in [1.82, 2.24) is 4.31 Å². The van der Waals surface area contributed by atoms with E-state index >= 15 is 0 Å². The van der Waals surface area contributed by atoms with E-state index in [0.29, 0.717) is 25.4 Å². The highest BCUT2D eigenvalue weighted by Gasteiger charge is 2.32. The topological polar surface area (TPSA) is 55.8 Å². The molecular formula is C14H20BrNO4S. The Morgan fingerprint density at radius 2 is 1.95 bits per heavy atom. The van der Waals surface area contributed by atoms with Crippen LogP contribution < -0.4 is 4.74 Å². The molecule has 1 aliphatic heterocycles. The Labute approximate surface area is 134 Å². The first-order valence-electron chi connectivity index (χ1n) is 6.92. The van der Waals surface area contributed by atoms with Crippen LogP contribution in [0.1, 0.15) is 20.8 Å². The smallest absolute Gasteiger partial charge is 0.243 e. The van der Waals surface area contributed by atoms with E-state index in [1.165, 1.54) is 4.31 Å². The molecule has 1 saturated heterocycles. The average Bonchev–Trinajstić information content (AvgIpc) is 2.40. The Hall–Kier alpha value is -0.630. The van der Waals surface area contributed by atoms with Crippen LogP contribution in [0.3, 0.4) is 0 Å². The summed E-state index contributed by atoms with van der Waals surface area (Å²) in [5.74, 6) is 0.535. The number of sulfonamides is 1. The summed E-state index contributed by atoms with van der Waals surface area (Å²) >= 11 is 3.36. The third kappa shape index (κ3) is 3.77. The molecule has 7 heteroatoms. The van der Waals surface area contributed by atoms with Crippen molar-refractivity contribution in [1.29, 1.82) is 0 Å². The summed E-state index contributed by atoms with van der Waals surface area (Å²) in [7, 11) is -3.53. The van der Waals surface area contributed by atoms with Crippen molar-refractivity contribution in [3.05, 3.63) is 22.7 Å². The van der Waals surface area contributed by atoms with E-state index in [1.807, 2.05) is 20.8 Å². The maximum absolute atomic E-state index is 12.7. The number of hydrogen-bond donors (Lipinski definition) is 0. The predicted octanol–water partition coefficient (Wildman–Crippen LogP) is 2.65. The summed E-state index contributed by atoms with van der Waals surface area (Å²) in [5, 5.41) is 0. The lowest BCUT2D eigenvalue weighted by atomic mass is 10.3. The minimum Gasteiger partial charge on any atom is -0.493 e. The van der Waals surface area contributed by atoms with Crippen LogP contribution in [0.2, 0.25) is 0 Å². The first-order valence-corrected chi connectivity index (χ1v) is 9.16. The van der Waals surface area contributed by atoms with Gasteiger partial charge in [0.1, 0.15) is 5.75 Å². The molecule has 5 nitrogen and oxygen atoms in total. The zero-order valence-corrected chi connectivity index (χ0v) is 14.8. The molecule has 0 spiro atoms. The molecule has 0 unspecified atom stereocenters. The molecule has 118 valence electrons. The minimum absolute atomic E-state index is 0.106. The molecule has 0 N–H and O–H groups in total. The molecule has 0 aliphatic carbocycles. The average molecular weight is 378 g/mol. The summed E-state index contributed by atoms with van der Waals surface area (Å²) in [6.45, 7) is 6.84. The van der Waals surface area contributed by atoms with Crippen molar-refractivity contribution in [3.63, 3.8) is 0 Å². The van der Waals surface area contributed by atoms with Gasteiger partial charge in [0.2, 0.25) is 10.0 Å². The molecule has 1 aliphatic rings. The summed E-state index contributed by atoms with van der Waals surface area (Å²) < 4.78 is 38.7. The van der Waals surface area contributed by atoms with Gasteiger partial charge in [0, 0.05) is 19.2 Å². The second-order valence-electron chi connectivity index (χ2n) is 5.10. The van der Waals surface area contributed by atoms with E-state index in [9.17, 15) is 8.42 Å². The second-order valence-corrected chi connectivity index (χ2v) is 7.90. The zero-order valence-electron chi connectivity index (χ0n) is 12.4. The van der Waals surface area contributed by atoms with Crippen LogP contribution in [0.5, 0.6) is 5.75 Å². The standard InChI is InChI=1S/C14H20BrNO4S/c1-4-19-14-7-12(5-6-13(14)15)21(17,18)16-8-10(2)20-11(3)9-16/h5-7,10-11H,4,8-9H2,1-3H3/t10-,11-/m1/s1. The third-order valence-electron chi connectivity index (χ3n) is 3.23. The molecule has 0 amide bonds. The Morgan fingerprint density at radius 3 is 2.52 bits per heavy atom. The first kappa shape index (κ1) is 16.7. The highest BCUT2D eigenvalue weighted by atomic mass is 79.9. The van der Waals surface area contributed by atoms with Crippen molar-refractivity contribution >= 4 is 26.0 Å². The molecule has 1 aromatic carbocycles. The van der Waals surface area contributed by atoms with Gasteiger partial charge in [0.05, 0.1) is 28.2 Å². The number of morpholine rings is 1. The number of nitrogens with zero attached hydrogens (tertiary/aromatic N) is 1. The number of benzene rings is 1. The molecule has 2 atom stereocenters. The van der Waals surface area contributed by atoms with Crippen molar-refractivity contribution in [3.8, 4) is 5.75 Å². The van der Waals surface area contributed by atoms with Gasteiger partial charge in [-0.25, -0.2) is 8.42 Å². The fourth-order valence-corrected chi connectivity index (χ4v) is 4.35. The molecule has 0 bridgehead atoms. The van der Waals surface area contributed by atoms with Crippen LogP contribution in [0.4, 0.5) is 0 Å². The van der Waals surface area contributed by atoms with Crippen molar-refractivity contribution in [2.75, 3.05) is 19.7 Å². The van der Waals surface area contributed by atoms with Gasteiger partial charge in [-0.2, -0.15) is 4.31 Å². The Kier molecular flexibility index (Phi) is 5.29. The molecule has 0 saturated carbocycles. The number of hydrogen-bond acceptors (Lipinski definition) is 4. The molecule has 0 radical (unpaired) electrons. The largest absolute Gasteiger partial charge is 0.493 e. The lowest BCUT2D eigenvalue weighted by Crippen LogP contribution is -2.48. The van der Waals surface area contributed by atoms with Crippen LogP contribution in [0.15, 0.2) is 27.6 Å². The molecular weight excluding hydrogens is 358 g/mol. The minimum atomic E-state index is -3.53. The Balaban J connectivity index is 2.33. The maximum atomic E-state index is 12.7. The van der Waals surface area contributed by atoms with Crippen LogP contribution in [-0.2, 0) is 14.8 Å². The zero-order chi connectivity index (χ0) is 15.6. The van der Waals surface area contributed by atoms with Gasteiger partial charge in [0.15, 0.2) is 0 Å². The van der Waals surface area contributed by atoms with E-state index in [-0.39, 0.29) is 17.1 Å². The van der Waals surface area contributed by atoms with Crippen LogP contribution in [0.25, 0.3) is 0 Å². The maximum Gasteiger partial charge on any atom is 0.243 e. The number of rotatable bonds is 4. The third-order valence-corrected chi connectivity index (χ3v) is 5.71. The van der Waals surface area contributed by atoms with Crippen LogP contribution in [-0.4, -0.2) is 44.6 Å². The lowest BCUT2D eigenvalue weighted by molar-refractivity contribution is -0.0440. The quantitative estimate of drug-likeness (QED) is 0.809. The number of ether oxygens (including phenoxy) is 2. The van der Waals surface area contributed by atoms with Gasteiger partial charge < -0.3 is 9.47 Å². The van der Waals surface area contributed by atoms with Gasteiger partial charge >= 0.3 is 0 Å². The van der Waals surface area contributed by atoms with Crippen molar-refractivity contribution in [2.45, 2.75) is 37.9 Å². The molecule has 1 fully saturated rings. The Bertz CT molecular complexity index is 595. The first-order chi connectivity index (χ1) is 9.84. The summed E-state index contributed by atoms with van der Waals surface area (Å²) in [5.41, 5.74) is 0. The Morgan fingerprint density at radius 1 is 1.33 bits per heavy atom. The van der Waals surface area contributed by atoms with Crippen molar-refractivity contribution < 1.29 is 17.9 Å². The van der Waals surface area contributed by atoms with E-state index in [2.05, 4.69) is 15.9 Å². The summed E-state index contributed by atoms with van der Waals surface area (Å²) in [4.78, 5) is 0.246. The molecule has 21 heavy (non-hydrogen) atoms. The van der Waals surface area contributed by atoms with Crippen molar-refractivity contribution in [2.24, 2.45) is 0 Å². The van der Waals surface area contributed by atoms with Gasteiger partial charge in [-0.15, -0.1) is 0 Å². The van der Waals surface area contributed by atoms with E-state index in [1.54, 1.807) is 18.2 Å². The molecule has 2 rings (SSSR count). The molecule has 0 aromatic heterocycles. The van der Waals surface area contributed by atoms with Gasteiger partial charge in [0.25, 0.3) is 0 Å². The predicted molar refractivity (Wildman–Crippen MR) is 84.1 cm³/mol. The van der Waals surface area contributed by atoms with E-state index < -0.39 is 10.0 Å². The van der Waals surface area contributed by atoms with Gasteiger partial charge in [-0.1, -0.05) is 0 Å². The van der Waals surface area contributed by atoms with E-state index in [4.69, 9.17) is 9.47 Å². The highest BCUT2D eigenvalue weighted by Crippen LogP contribution is 2.30. The van der Waals surface area contributed by atoms with Gasteiger partial charge in [-0.3, -0.25) is 0 Å². The number of halogens is 1. The SMILES string of the molecule is CCOc1cc(S(=O)(=O)N2C[C@@H](C)O[C@H](C)C2)ccc1Br. The second kappa shape index (κ2) is 6.64. The summed E-state index contributed by atoms with van der Waals surface area (Å²) in [6.07, 6.45) is -0.212. The monoisotopic (exact) mass is 377 g/mol. The van der Waals surface area contributed by atoms with Crippen LogP contribution >= 0.6 is 15.9 Å². The fourth-order valence-electron chi connectivity index (χ4n) is 2.39. The molecule has 1 heterocycles. The van der Waals surface area contributed by atoms with E-state index in [0.717, 1.165) is 4.47 Å². The fraction of sp³-hybridized carbons (Fsp3) is 0.571. The van der Waals surface area contributed by atoms with Gasteiger partial charge in [-0.05, 0) is 48.8 Å².